The molecule has 0 bridgehead atoms. The third-order valence-corrected chi connectivity index (χ3v) is 4.40. The Balaban J connectivity index is 2.13. The molecule has 0 aliphatic carbocycles. The second-order valence-corrected chi connectivity index (χ2v) is 6.15. The number of nitrogens with one attached hydrogen (secondary N) is 1. The van der Waals surface area contributed by atoms with Crippen LogP contribution in [0.25, 0.3) is 0 Å². The Labute approximate surface area is 153 Å². The molecule has 0 atom stereocenters. The van der Waals surface area contributed by atoms with Gasteiger partial charge in [0.05, 0.1) is 20.4 Å². The van der Waals surface area contributed by atoms with Gasteiger partial charge in [0.25, 0.3) is 5.91 Å². The lowest BCUT2D eigenvalue weighted by atomic mass is 10.1. The summed E-state index contributed by atoms with van der Waals surface area (Å²) >= 11 is 9.44. The van der Waals surface area contributed by atoms with Gasteiger partial charge >= 0.3 is 0 Å². The van der Waals surface area contributed by atoms with E-state index in [1.54, 1.807) is 44.6 Å². The zero-order valence-corrected chi connectivity index (χ0v) is 15.7. The van der Waals surface area contributed by atoms with Gasteiger partial charge < -0.3 is 9.47 Å². The fraction of sp³-hybridized carbons (Fsp3) is 0.176. The number of carbonyl (C=O) groups excluding carboxylic acids is 1. The van der Waals surface area contributed by atoms with Crippen molar-refractivity contribution in [1.29, 1.82) is 0 Å². The molecular formula is C17H16BrClN2O3. The van der Waals surface area contributed by atoms with Crippen LogP contribution >= 0.6 is 27.5 Å². The van der Waals surface area contributed by atoms with Gasteiger partial charge in [0.2, 0.25) is 0 Å². The molecule has 0 fully saturated rings. The van der Waals surface area contributed by atoms with Crippen molar-refractivity contribution >= 4 is 39.7 Å². The predicted molar refractivity (Wildman–Crippen MR) is 98.5 cm³/mol. The topological polar surface area (TPSA) is 59.9 Å². The maximum absolute atomic E-state index is 12.1. The molecular weight excluding hydrogens is 396 g/mol. The van der Waals surface area contributed by atoms with Crippen molar-refractivity contribution < 1.29 is 14.3 Å². The first-order chi connectivity index (χ1) is 11.5. The molecule has 0 aliphatic heterocycles. The summed E-state index contributed by atoms with van der Waals surface area (Å²) in [7, 11) is 3.11. The number of nitrogens with zero attached hydrogens (tertiary/aromatic N) is 1. The largest absolute Gasteiger partial charge is 0.493 e. The highest BCUT2D eigenvalue weighted by Gasteiger charge is 2.09. The van der Waals surface area contributed by atoms with E-state index in [0.717, 1.165) is 15.6 Å². The molecule has 1 amide bonds. The van der Waals surface area contributed by atoms with Crippen LogP contribution in [0.1, 0.15) is 21.5 Å². The molecule has 0 radical (unpaired) electrons. The standard InChI is InChI=1S/C17H16BrClN2O3/c1-10-4-5-11(6-14(10)19)17(22)21-20-9-12-7-15(23-2)16(24-3)8-13(12)18/h4-9H,1-3H3,(H,21,22)/b20-9-. The van der Waals surface area contributed by atoms with Crippen LogP contribution in [0.5, 0.6) is 11.5 Å². The van der Waals surface area contributed by atoms with E-state index in [2.05, 4.69) is 26.5 Å². The van der Waals surface area contributed by atoms with Crippen LogP contribution in [0.2, 0.25) is 5.02 Å². The zero-order chi connectivity index (χ0) is 17.7. The predicted octanol–water partition coefficient (Wildman–Crippen LogP) is 4.19. The Kier molecular flexibility index (Phi) is 6.23. The monoisotopic (exact) mass is 410 g/mol. The van der Waals surface area contributed by atoms with Crippen molar-refractivity contribution in [2.75, 3.05) is 14.2 Å². The van der Waals surface area contributed by atoms with Gasteiger partial charge in [-0.3, -0.25) is 4.79 Å². The van der Waals surface area contributed by atoms with Crippen LogP contribution in [0.15, 0.2) is 39.9 Å². The van der Waals surface area contributed by atoms with Crippen molar-refractivity contribution in [3.05, 3.63) is 56.5 Å². The van der Waals surface area contributed by atoms with Crippen molar-refractivity contribution in [1.82, 2.24) is 5.43 Å². The normalized spacial score (nSPS) is 10.7. The number of hydrazone groups is 1. The number of benzene rings is 2. The van der Waals surface area contributed by atoms with Gasteiger partial charge in [0, 0.05) is 20.6 Å². The van der Waals surface area contributed by atoms with Gasteiger partial charge in [-0.05, 0) is 52.7 Å². The summed E-state index contributed by atoms with van der Waals surface area (Å²) in [6.45, 7) is 1.87. The fourth-order valence-corrected chi connectivity index (χ4v) is 2.53. The molecule has 2 aromatic carbocycles. The lowest BCUT2D eigenvalue weighted by Gasteiger charge is -2.09. The number of halogens is 2. The third-order valence-electron chi connectivity index (χ3n) is 3.31. The summed E-state index contributed by atoms with van der Waals surface area (Å²) in [5.41, 5.74) is 4.55. The maximum atomic E-state index is 12.1. The molecule has 24 heavy (non-hydrogen) atoms. The minimum absolute atomic E-state index is 0.343. The molecule has 0 heterocycles. The van der Waals surface area contributed by atoms with Crippen LogP contribution in [-0.4, -0.2) is 26.3 Å². The molecule has 0 spiro atoms. The third kappa shape index (κ3) is 4.27. The number of amides is 1. The van der Waals surface area contributed by atoms with E-state index in [9.17, 15) is 4.79 Å². The first-order valence-electron chi connectivity index (χ1n) is 6.97. The summed E-state index contributed by atoms with van der Waals surface area (Å²) in [5, 5.41) is 4.50. The zero-order valence-electron chi connectivity index (χ0n) is 13.4. The highest BCUT2D eigenvalue weighted by molar-refractivity contribution is 9.10. The second-order valence-electron chi connectivity index (χ2n) is 4.89. The van der Waals surface area contributed by atoms with E-state index in [1.165, 1.54) is 6.21 Å². The first kappa shape index (κ1) is 18.3. The smallest absolute Gasteiger partial charge is 0.271 e. The molecule has 7 heteroatoms. The number of carbonyl (C=O) groups is 1. The SMILES string of the molecule is COc1cc(Br)c(/C=N\NC(=O)c2ccc(C)c(Cl)c2)cc1OC. The van der Waals surface area contributed by atoms with E-state index >= 15 is 0 Å². The minimum atomic E-state index is -0.343. The number of hydrogen-bond donors (Lipinski definition) is 1. The fourth-order valence-electron chi connectivity index (χ4n) is 1.93. The van der Waals surface area contributed by atoms with Crippen LogP contribution in [0.3, 0.4) is 0 Å². The second kappa shape index (κ2) is 8.17. The van der Waals surface area contributed by atoms with Crippen molar-refractivity contribution in [2.24, 2.45) is 5.10 Å². The first-order valence-corrected chi connectivity index (χ1v) is 8.14. The van der Waals surface area contributed by atoms with Crippen LogP contribution in [0, 0.1) is 6.92 Å². The van der Waals surface area contributed by atoms with Gasteiger partial charge in [-0.15, -0.1) is 0 Å². The molecule has 0 aromatic heterocycles. The molecule has 0 saturated heterocycles. The number of methoxy groups -OCH3 is 2. The Morgan fingerprint density at radius 1 is 1.21 bits per heavy atom. The molecule has 5 nitrogen and oxygen atoms in total. The quantitative estimate of drug-likeness (QED) is 0.593. The summed E-state index contributed by atoms with van der Waals surface area (Å²) in [5.74, 6) is 0.823. The number of ether oxygens (including phenoxy) is 2. The lowest BCUT2D eigenvalue weighted by Crippen LogP contribution is -2.17. The Bertz CT molecular complexity index is 794. The lowest BCUT2D eigenvalue weighted by molar-refractivity contribution is 0.0955. The van der Waals surface area contributed by atoms with Crippen LogP contribution in [-0.2, 0) is 0 Å². The minimum Gasteiger partial charge on any atom is -0.493 e. The molecule has 0 saturated carbocycles. The van der Waals surface area contributed by atoms with Crippen molar-refractivity contribution in [2.45, 2.75) is 6.92 Å². The van der Waals surface area contributed by atoms with Crippen molar-refractivity contribution in [3.8, 4) is 11.5 Å². The van der Waals surface area contributed by atoms with E-state index in [4.69, 9.17) is 21.1 Å². The number of aryl methyl sites for hydroxylation is 1. The van der Waals surface area contributed by atoms with Gasteiger partial charge in [0.1, 0.15) is 0 Å². The summed E-state index contributed by atoms with van der Waals surface area (Å²) in [4.78, 5) is 12.1. The van der Waals surface area contributed by atoms with Gasteiger partial charge in [-0.25, -0.2) is 5.43 Å². The molecule has 1 N–H and O–H groups in total. The van der Waals surface area contributed by atoms with Crippen LogP contribution < -0.4 is 14.9 Å². The Morgan fingerprint density at radius 2 is 1.88 bits per heavy atom. The molecule has 0 unspecified atom stereocenters. The van der Waals surface area contributed by atoms with E-state index < -0.39 is 0 Å². The molecule has 2 rings (SSSR count). The van der Waals surface area contributed by atoms with Gasteiger partial charge in [-0.1, -0.05) is 17.7 Å². The highest BCUT2D eigenvalue weighted by Crippen LogP contribution is 2.32. The summed E-state index contributed by atoms with van der Waals surface area (Å²) < 4.78 is 11.2. The Morgan fingerprint density at radius 3 is 2.50 bits per heavy atom. The average Bonchev–Trinajstić information content (AvgIpc) is 2.58. The van der Waals surface area contributed by atoms with Crippen LogP contribution in [0.4, 0.5) is 0 Å². The van der Waals surface area contributed by atoms with Gasteiger partial charge in [-0.2, -0.15) is 5.10 Å². The summed E-state index contributed by atoms with van der Waals surface area (Å²) in [6.07, 6.45) is 1.51. The summed E-state index contributed by atoms with van der Waals surface area (Å²) in [6, 6.07) is 8.60. The van der Waals surface area contributed by atoms with E-state index in [1.807, 2.05) is 6.92 Å². The number of hydrogen-bond acceptors (Lipinski definition) is 4. The average molecular weight is 412 g/mol. The van der Waals surface area contributed by atoms with Gasteiger partial charge in [0.15, 0.2) is 11.5 Å². The van der Waals surface area contributed by atoms with Crippen molar-refractivity contribution in [3.63, 3.8) is 0 Å². The van der Waals surface area contributed by atoms with E-state index in [0.29, 0.717) is 22.1 Å². The maximum Gasteiger partial charge on any atom is 0.271 e. The Hall–Kier alpha value is -2.05. The highest BCUT2D eigenvalue weighted by atomic mass is 79.9. The molecule has 2 aromatic rings. The van der Waals surface area contributed by atoms with E-state index in [-0.39, 0.29) is 5.91 Å². The molecule has 126 valence electrons. The molecule has 0 aliphatic rings. The number of rotatable bonds is 5.